The third kappa shape index (κ3) is 4.94. The Balaban J connectivity index is 1.42. The highest BCUT2D eigenvalue weighted by Crippen LogP contribution is 2.32. The van der Waals surface area contributed by atoms with Crippen LogP contribution < -0.4 is 11.1 Å². The molecule has 1 saturated heterocycles. The number of carbonyl (C=O) groups excluding carboxylic acids is 1. The number of rotatable bonds is 9. The first-order chi connectivity index (χ1) is 16.4. The average molecular weight is 473 g/mol. The number of esters is 1. The number of hydrogen-bond acceptors (Lipinski definition) is 11. The molecule has 0 radical (unpaired) electrons. The number of aliphatic hydroxyl groups is 3. The van der Waals surface area contributed by atoms with Crippen molar-refractivity contribution in [2.45, 2.75) is 44.3 Å². The zero-order chi connectivity index (χ0) is 24.2. The molecule has 0 amide bonds. The fourth-order valence-electron chi connectivity index (χ4n) is 3.83. The van der Waals surface area contributed by atoms with E-state index in [0.29, 0.717) is 30.7 Å². The number of fused-ring (bicyclic) bond motifs is 1. The molecule has 4 rings (SSSR count). The molecule has 12 heteroatoms. The van der Waals surface area contributed by atoms with Gasteiger partial charge in [0.2, 0.25) is 5.95 Å². The van der Waals surface area contributed by atoms with Gasteiger partial charge in [-0.25, -0.2) is 4.98 Å². The molecule has 34 heavy (non-hydrogen) atoms. The third-order valence-electron chi connectivity index (χ3n) is 5.61. The van der Waals surface area contributed by atoms with Crippen LogP contribution in [0.15, 0.2) is 30.6 Å². The standard InChI is InChI=1S/C22H28N6O6/c1-2-33-15(30)9-13-5-3-12(4-6-13)7-8-24-22-26-19(23)16-20(27-22)28(11-25-16)21-18(32)17(31)14(10-29)34-21/h3-6,11,14,17-18,21,29,31-32H,2,7-10H2,1H3,(H3,23,24,26,27). The number of hydrogen-bond donors (Lipinski definition) is 5. The number of ether oxygens (including phenoxy) is 2. The summed E-state index contributed by atoms with van der Waals surface area (Å²) >= 11 is 0. The average Bonchev–Trinajstić information content (AvgIpc) is 3.36. The van der Waals surface area contributed by atoms with Gasteiger partial charge in [0, 0.05) is 6.54 Å². The minimum atomic E-state index is -1.27. The smallest absolute Gasteiger partial charge is 0.310 e. The van der Waals surface area contributed by atoms with E-state index in [2.05, 4.69) is 20.3 Å². The van der Waals surface area contributed by atoms with Crippen molar-refractivity contribution in [3.05, 3.63) is 41.7 Å². The Kier molecular flexibility index (Phi) is 7.22. The van der Waals surface area contributed by atoms with Gasteiger partial charge in [-0.3, -0.25) is 9.36 Å². The topological polar surface area (TPSA) is 178 Å². The quantitative estimate of drug-likeness (QED) is 0.260. The van der Waals surface area contributed by atoms with Crippen LogP contribution >= 0.6 is 0 Å². The van der Waals surface area contributed by atoms with Crippen LogP contribution in [0.4, 0.5) is 11.8 Å². The molecule has 3 heterocycles. The number of aliphatic hydroxyl groups excluding tert-OH is 3. The summed E-state index contributed by atoms with van der Waals surface area (Å²) in [4.78, 5) is 24.5. The Morgan fingerprint density at radius 1 is 1.21 bits per heavy atom. The summed E-state index contributed by atoms with van der Waals surface area (Å²) in [5.74, 6) is 0.178. The lowest BCUT2D eigenvalue weighted by Gasteiger charge is -2.16. The van der Waals surface area contributed by atoms with Crippen LogP contribution in [0.2, 0.25) is 0 Å². The van der Waals surface area contributed by atoms with Gasteiger partial charge in [-0.2, -0.15) is 9.97 Å². The number of imidazole rings is 1. The molecule has 0 spiro atoms. The van der Waals surface area contributed by atoms with Crippen LogP contribution in [0.1, 0.15) is 24.3 Å². The van der Waals surface area contributed by atoms with Gasteiger partial charge in [0.05, 0.1) is 26.0 Å². The monoisotopic (exact) mass is 472 g/mol. The summed E-state index contributed by atoms with van der Waals surface area (Å²) in [5, 5.41) is 32.9. The summed E-state index contributed by atoms with van der Waals surface area (Å²) in [7, 11) is 0. The molecule has 4 atom stereocenters. The fraction of sp³-hybridized carbons (Fsp3) is 0.455. The zero-order valence-corrected chi connectivity index (χ0v) is 18.7. The number of nitrogens with one attached hydrogen (secondary N) is 1. The number of aromatic nitrogens is 4. The summed E-state index contributed by atoms with van der Waals surface area (Å²) in [6.45, 7) is 2.22. The molecule has 182 valence electrons. The van der Waals surface area contributed by atoms with Crippen molar-refractivity contribution in [3.63, 3.8) is 0 Å². The molecule has 4 unspecified atom stereocenters. The Bertz CT molecular complexity index is 1140. The molecule has 0 aliphatic carbocycles. The normalized spacial score (nSPS) is 22.2. The Morgan fingerprint density at radius 3 is 2.62 bits per heavy atom. The van der Waals surface area contributed by atoms with Gasteiger partial charge in [-0.15, -0.1) is 0 Å². The number of nitrogen functional groups attached to an aromatic ring is 1. The molecule has 1 aliphatic heterocycles. The van der Waals surface area contributed by atoms with Crippen LogP contribution in [0, 0.1) is 0 Å². The minimum absolute atomic E-state index is 0.154. The van der Waals surface area contributed by atoms with E-state index in [1.165, 1.54) is 10.9 Å². The SMILES string of the molecule is CCOC(=O)Cc1ccc(CCNc2nc(N)c3ncn(C4OC(CO)C(O)C4O)c3n2)cc1. The van der Waals surface area contributed by atoms with Gasteiger partial charge in [0.25, 0.3) is 0 Å². The fourth-order valence-corrected chi connectivity index (χ4v) is 3.83. The van der Waals surface area contributed by atoms with Crippen molar-refractivity contribution >= 4 is 28.9 Å². The summed E-state index contributed by atoms with van der Waals surface area (Å²) in [6, 6.07) is 7.69. The highest BCUT2D eigenvalue weighted by molar-refractivity contribution is 5.83. The predicted octanol–water partition coefficient (Wildman–Crippen LogP) is -0.220. The van der Waals surface area contributed by atoms with E-state index < -0.39 is 31.1 Å². The van der Waals surface area contributed by atoms with Crippen molar-refractivity contribution < 1.29 is 29.6 Å². The van der Waals surface area contributed by atoms with Crippen molar-refractivity contribution in [3.8, 4) is 0 Å². The van der Waals surface area contributed by atoms with Crippen LogP contribution in [0.25, 0.3) is 11.2 Å². The molecule has 0 saturated carbocycles. The number of benzene rings is 1. The van der Waals surface area contributed by atoms with E-state index in [9.17, 15) is 20.1 Å². The molecule has 6 N–H and O–H groups in total. The van der Waals surface area contributed by atoms with E-state index in [0.717, 1.165) is 11.1 Å². The Hall–Kier alpha value is -3.32. The van der Waals surface area contributed by atoms with Gasteiger partial charge < -0.3 is 35.8 Å². The van der Waals surface area contributed by atoms with Crippen LogP contribution in [0.5, 0.6) is 0 Å². The lowest BCUT2D eigenvalue weighted by Crippen LogP contribution is -2.33. The second-order valence-electron chi connectivity index (χ2n) is 7.96. The summed E-state index contributed by atoms with van der Waals surface area (Å²) < 4.78 is 12.0. The highest BCUT2D eigenvalue weighted by Gasteiger charge is 2.44. The van der Waals surface area contributed by atoms with Crippen LogP contribution in [0.3, 0.4) is 0 Å². The minimum Gasteiger partial charge on any atom is -0.466 e. The van der Waals surface area contributed by atoms with E-state index in [1.807, 2.05) is 24.3 Å². The summed E-state index contributed by atoms with van der Waals surface area (Å²) in [6.07, 6.45) is -2.10. The molecule has 1 aromatic carbocycles. The largest absolute Gasteiger partial charge is 0.466 e. The van der Waals surface area contributed by atoms with E-state index >= 15 is 0 Å². The van der Waals surface area contributed by atoms with Crippen molar-refractivity contribution in [1.29, 1.82) is 0 Å². The van der Waals surface area contributed by atoms with E-state index in [-0.39, 0.29) is 24.2 Å². The molecule has 0 bridgehead atoms. The molecule has 12 nitrogen and oxygen atoms in total. The predicted molar refractivity (Wildman–Crippen MR) is 122 cm³/mol. The second-order valence-corrected chi connectivity index (χ2v) is 7.96. The lowest BCUT2D eigenvalue weighted by molar-refractivity contribution is -0.142. The van der Waals surface area contributed by atoms with Crippen molar-refractivity contribution in [2.75, 3.05) is 30.8 Å². The van der Waals surface area contributed by atoms with Gasteiger partial charge in [0.1, 0.15) is 23.8 Å². The molecular weight excluding hydrogens is 444 g/mol. The third-order valence-corrected chi connectivity index (χ3v) is 5.61. The molecule has 2 aromatic heterocycles. The van der Waals surface area contributed by atoms with Gasteiger partial charge in [-0.1, -0.05) is 24.3 Å². The van der Waals surface area contributed by atoms with E-state index in [1.54, 1.807) is 6.92 Å². The first kappa shape index (κ1) is 23.8. The first-order valence-electron chi connectivity index (χ1n) is 11.0. The summed E-state index contributed by atoms with van der Waals surface area (Å²) in [5.41, 5.74) is 8.65. The lowest BCUT2D eigenvalue weighted by atomic mass is 10.1. The van der Waals surface area contributed by atoms with Crippen molar-refractivity contribution in [2.24, 2.45) is 0 Å². The highest BCUT2D eigenvalue weighted by atomic mass is 16.6. The first-order valence-corrected chi connectivity index (χ1v) is 11.0. The van der Waals surface area contributed by atoms with E-state index in [4.69, 9.17) is 15.2 Å². The maximum Gasteiger partial charge on any atom is 0.310 e. The second kappa shape index (κ2) is 10.3. The molecule has 3 aromatic rings. The van der Waals surface area contributed by atoms with Crippen molar-refractivity contribution in [1.82, 2.24) is 19.5 Å². The number of nitrogens with two attached hydrogens (primary N) is 1. The maximum atomic E-state index is 11.6. The number of nitrogens with zero attached hydrogens (tertiary/aromatic N) is 4. The van der Waals surface area contributed by atoms with Crippen LogP contribution in [-0.2, 0) is 27.1 Å². The van der Waals surface area contributed by atoms with Gasteiger partial charge in [-0.05, 0) is 24.5 Å². The number of carbonyl (C=O) groups is 1. The number of anilines is 2. The van der Waals surface area contributed by atoms with Gasteiger partial charge >= 0.3 is 5.97 Å². The van der Waals surface area contributed by atoms with Gasteiger partial charge in [0.15, 0.2) is 17.7 Å². The zero-order valence-electron chi connectivity index (χ0n) is 18.7. The molecular formula is C22H28N6O6. The molecule has 1 aliphatic rings. The van der Waals surface area contributed by atoms with Crippen LogP contribution in [-0.4, -0.2) is 78.9 Å². The Morgan fingerprint density at radius 2 is 1.94 bits per heavy atom. The molecule has 1 fully saturated rings. The maximum absolute atomic E-state index is 11.6. The Labute approximate surface area is 195 Å².